The van der Waals surface area contributed by atoms with Crippen molar-refractivity contribution in [3.63, 3.8) is 0 Å². The monoisotopic (exact) mass is 596 g/mol. The van der Waals surface area contributed by atoms with Crippen LogP contribution in [0.3, 0.4) is 0 Å². The molecule has 2 aromatic heterocycles. The molecule has 1 unspecified atom stereocenters. The summed E-state index contributed by atoms with van der Waals surface area (Å²) in [4.78, 5) is 15.3. The summed E-state index contributed by atoms with van der Waals surface area (Å²) in [6.07, 6.45) is 0.983. The van der Waals surface area contributed by atoms with Crippen LogP contribution >= 0.6 is 0 Å². The zero-order valence-electron chi connectivity index (χ0n) is 27.2. The molecule has 2 aliphatic heterocycles. The molecule has 7 aromatic rings. The van der Waals surface area contributed by atoms with E-state index in [1.807, 2.05) is 36.4 Å². The first kappa shape index (κ1) is 27.2. The number of hydrogen-bond acceptors (Lipinski definition) is 3. The summed E-state index contributed by atoms with van der Waals surface area (Å²) < 4.78 is 2.60. The van der Waals surface area contributed by atoms with Crippen LogP contribution in [0.2, 0.25) is 0 Å². The third kappa shape index (κ3) is 3.53. The fourth-order valence-electron chi connectivity index (χ4n) is 8.19. The molecule has 224 valence electrons. The van der Waals surface area contributed by atoms with Crippen molar-refractivity contribution in [1.29, 1.82) is 0 Å². The largest absolute Gasteiger partial charge is 0.308 e. The lowest BCUT2D eigenvalue weighted by Crippen LogP contribution is -2.35. The molecule has 4 nitrogen and oxygen atoms in total. The number of aryl methyl sites for hydroxylation is 2. The third-order valence-corrected chi connectivity index (χ3v) is 10.8. The Labute approximate surface area is 269 Å². The Hall–Kier alpha value is -5.09. The number of benzene rings is 5. The van der Waals surface area contributed by atoms with Crippen molar-refractivity contribution < 1.29 is 0 Å². The van der Waals surface area contributed by atoms with Gasteiger partial charge in [-0.05, 0) is 60.7 Å². The van der Waals surface area contributed by atoms with E-state index in [1.165, 1.54) is 60.9 Å². The number of aromatic nitrogens is 4. The van der Waals surface area contributed by atoms with Gasteiger partial charge in [-0.25, -0.2) is 15.0 Å². The van der Waals surface area contributed by atoms with Gasteiger partial charge < -0.3 is 4.57 Å². The highest BCUT2D eigenvalue weighted by molar-refractivity contribution is 6.15. The highest BCUT2D eigenvalue weighted by Crippen LogP contribution is 2.57. The second-order valence-corrected chi connectivity index (χ2v) is 14.0. The van der Waals surface area contributed by atoms with Crippen molar-refractivity contribution in [2.45, 2.75) is 58.8 Å². The first-order chi connectivity index (χ1) is 22.2. The smallest absolute Gasteiger partial charge is 0.164 e. The van der Waals surface area contributed by atoms with Gasteiger partial charge in [0.2, 0.25) is 0 Å². The Balaban J connectivity index is 1.43. The maximum absolute atomic E-state index is 5.16. The first-order valence-corrected chi connectivity index (χ1v) is 16.4. The quantitative estimate of drug-likeness (QED) is 0.203. The van der Waals surface area contributed by atoms with E-state index in [9.17, 15) is 0 Å². The molecule has 5 aromatic carbocycles. The molecular formula is C42H36N4. The van der Waals surface area contributed by atoms with Crippen LogP contribution in [0.15, 0.2) is 97.1 Å². The molecule has 1 atom stereocenters. The molecule has 46 heavy (non-hydrogen) atoms. The standard InChI is InChI=1S/C42H36N4/c1-7-42(6)33-21-25(3)20-32-37(33)46-35-29(18-24(2)19-31(35)41(32,4)5)30-22-28(23-34(42)36(30)46)40-44-38(26-14-10-8-11-15-26)43-39(45-40)27-16-12-9-13-17-27/h8-23H,7H2,1-6H3. The van der Waals surface area contributed by atoms with Crippen molar-refractivity contribution in [3.8, 4) is 39.9 Å². The van der Waals surface area contributed by atoms with Gasteiger partial charge in [-0.3, -0.25) is 0 Å². The molecule has 0 bridgehead atoms. The highest BCUT2D eigenvalue weighted by atomic mass is 15.0. The van der Waals surface area contributed by atoms with Crippen LogP contribution in [-0.4, -0.2) is 19.5 Å². The maximum atomic E-state index is 5.16. The molecule has 0 aliphatic carbocycles. The van der Waals surface area contributed by atoms with E-state index in [0.717, 1.165) is 23.1 Å². The molecule has 0 spiro atoms. The van der Waals surface area contributed by atoms with E-state index >= 15 is 0 Å². The van der Waals surface area contributed by atoms with Gasteiger partial charge in [0, 0.05) is 38.3 Å². The third-order valence-electron chi connectivity index (χ3n) is 10.8. The lowest BCUT2D eigenvalue weighted by Gasteiger charge is -2.43. The van der Waals surface area contributed by atoms with E-state index < -0.39 is 0 Å². The van der Waals surface area contributed by atoms with Crippen LogP contribution in [0.25, 0.3) is 61.7 Å². The Kier molecular flexibility index (Phi) is 5.47. The zero-order chi connectivity index (χ0) is 31.5. The van der Waals surface area contributed by atoms with Gasteiger partial charge in [0.05, 0.1) is 16.7 Å². The minimum atomic E-state index is -0.186. The predicted molar refractivity (Wildman–Crippen MR) is 189 cm³/mol. The van der Waals surface area contributed by atoms with E-state index in [-0.39, 0.29) is 10.8 Å². The number of hydrogen-bond donors (Lipinski definition) is 0. The molecule has 9 rings (SSSR count). The van der Waals surface area contributed by atoms with Gasteiger partial charge in [-0.2, -0.15) is 0 Å². The summed E-state index contributed by atoms with van der Waals surface area (Å²) >= 11 is 0. The average Bonchev–Trinajstić information content (AvgIpc) is 3.40. The fourth-order valence-corrected chi connectivity index (χ4v) is 8.19. The van der Waals surface area contributed by atoms with E-state index in [2.05, 4.69) is 107 Å². The summed E-state index contributed by atoms with van der Waals surface area (Å²) in [5.74, 6) is 2.06. The summed E-state index contributed by atoms with van der Waals surface area (Å²) in [5.41, 5.74) is 14.9. The first-order valence-electron chi connectivity index (χ1n) is 16.4. The maximum Gasteiger partial charge on any atom is 0.164 e. The number of fused-ring (bicyclic) bond motifs is 1. The molecule has 0 saturated heterocycles. The summed E-state index contributed by atoms with van der Waals surface area (Å²) in [6.45, 7) is 14.1. The van der Waals surface area contributed by atoms with Crippen molar-refractivity contribution >= 4 is 21.8 Å². The highest BCUT2D eigenvalue weighted by Gasteiger charge is 2.45. The molecular weight excluding hydrogens is 560 g/mol. The SMILES string of the molecule is CCC1(C)c2cc(C)cc3c2-n2c4c(cc(C)cc4c4cc(-c5nc(-c6ccccc6)nc(-c6ccccc6)n5)cc1c42)C3(C)C. The second-order valence-electron chi connectivity index (χ2n) is 14.0. The van der Waals surface area contributed by atoms with Crippen LogP contribution in [0.1, 0.15) is 67.5 Å². The van der Waals surface area contributed by atoms with Crippen LogP contribution in [0, 0.1) is 13.8 Å². The van der Waals surface area contributed by atoms with E-state index in [4.69, 9.17) is 15.0 Å². The van der Waals surface area contributed by atoms with Gasteiger partial charge >= 0.3 is 0 Å². The summed E-state index contributed by atoms with van der Waals surface area (Å²) in [5, 5.41) is 2.57. The zero-order valence-corrected chi connectivity index (χ0v) is 27.2. The van der Waals surface area contributed by atoms with Crippen molar-refractivity contribution in [2.24, 2.45) is 0 Å². The Morgan fingerprint density at radius 2 is 1.04 bits per heavy atom. The summed E-state index contributed by atoms with van der Waals surface area (Å²) in [7, 11) is 0. The van der Waals surface area contributed by atoms with E-state index in [0.29, 0.717) is 17.5 Å². The fraction of sp³-hybridized carbons (Fsp3) is 0.214. The van der Waals surface area contributed by atoms with Crippen LogP contribution in [0.4, 0.5) is 0 Å². The Morgan fingerprint density at radius 1 is 0.543 bits per heavy atom. The van der Waals surface area contributed by atoms with Crippen molar-refractivity contribution in [1.82, 2.24) is 19.5 Å². The molecule has 0 fully saturated rings. The summed E-state index contributed by atoms with van der Waals surface area (Å²) in [6, 6.07) is 34.9. The van der Waals surface area contributed by atoms with Gasteiger partial charge in [-0.1, -0.05) is 118 Å². The van der Waals surface area contributed by atoms with Crippen LogP contribution < -0.4 is 0 Å². The van der Waals surface area contributed by atoms with Gasteiger partial charge in [0.25, 0.3) is 0 Å². The predicted octanol–water partition coefficient (Wildman–Crippen LogP) is 10.3. The Morgan fingerprint density at radius 3 is 1.65 bits per heavy atom. The molecule has 0 N–H and O–H groups in total. The lowest BCUT2D eigenvalue weighted by molar-refractivity contribution is 0.533. The number of rotatable bonds is 4. The van der Waals surface area contributed by atoms with E-state index in [1.54, 1.807) is 0 Å². The van der Waals surface area contributed by atoms with Crippen molar-refractivity contribution in [3.05, 3.63) is 130 Å². The molecule has 4 heterocycles. The molecule has 0 amide bonds. The van der Waals surface area contributed by atoms with Gasteiger partial charge in [-0.15, -0.1) is 0 Å². The molecule has 2 aliphatic rings. The number of nitrogens with zero attached hydrogens (tertiary/aromatic N) is 4. The van der Waals surface area contributed by atoms with Gasteiger partial charge in [0.15, 0.2) is 17.5 Å². The molecule has 0 radical (unpaired) electrons. The Bertz CT molecular complexity index is 2340. The average molecular weight is 597 g/mol. The normalized spacial score (nSPS) is 17.3. The van der Waals surface area contributed by atoms with Crippen LogP contribution in [-0.2, 0) is 10.8 Å². The minimum Gasteiger partial charge on any atom is -0.308 e. The second kappa shape index (κ2) is 9.23. The lowest BCUT2D eigenvalue weighted by atomic mass is 9.66. The van der Waals surface area contributed by atoms with Crippen LogP contribution in [0.5, 0.6) is 0 Å². The molecule has 4 heteroatoms. The van der Waals surface area contributed by atoms with Gasteiger partial charge in [0.1, 0.15) is 0 Å². The minimum absolute atomic E-state index is 0.122. The molecule has 0 saturated carbocycles. The topological polar surface area (TPSA) is 43.6 Å². The van der Waals surface area contributed by atoms with Crippen molar-refractivity contribution in [2.75, 3.05) is 0 Å².